The van der Waals surface area contributed by atoms with Gasteiger partial charge >= 0.3 is 0 Å². The van der Waals surface area contributed by atoms with Crippen molar-refractivity contribution in [3.05, 3.63) is 53.6 Å². The summed E-state index contributed by atoms with van der Waals surface area (Å²) >= 11 is 5.22. The molecule has 3 nitrogen and oxygen atoms in total. The van der Waals surface area contributed by atoms with Gasteiger partial charge in [0.25, 0.3) is 0 Å². The number of fused-ring (bicyclic) bond motifs is 1. The maximum atomic E-state index is 5.91. The fourth-order valence-corrected chi connectivity index (χ4v) is 3.00. The average Bonchev–Trinajstić information content (AvgIpc) is 2.47. The predicted molar refractivity (Wildman–Crippen MR) is 93.8 cm³/mol. The lowest BCUT2D eigenvalue weighted by Crippen LogP contribution is -2.37. The zero-order valence-electron chi connectivity index (χ0n) is 12.3. The molecule has 0 spiro atoms. The molecule has 0 aliphatic carbocycles. The molecule has 0 radical (unpaired) electrons. The highest BCUT2D eigenvalue weighted by Crippen LogP contribution is 2.38. The normalized spacial score (nSPS) is 14.0. The molecule has 21 heavy (non-hydrogen) atoms. The fourth-order valence-electron chi connectivity index (χ4n) is 2.83. The van der Waals surface area contributed by atoms with Crippen LogP contribution in [0.5, 0.6) is 0 Å². The van der Waals surface area contributed by atoms with Gasteiger partial charge < -0.3 is 15.5 Å². The standard InChI is InChI=1S/C17H19N3S/c1-12-7-8-13(17(18)21)16(11-12)20-10-9-19(2)14-5-3-4-6-15(14)20/h3-8,11H,9-10H2,1-2H3,(H2,18,21). The summed E-state index contributed by atoms with van der Waals surface area (Å²) in [5.74, 6) is 0. The Kier molecular flexibility index (Phi) is 3.55. The second-order valence-corrected chi connectivity index (χ2v) is 5.89. The number of para-hydroxylation sites is 2. The molecule has 0 aromatic heterocycles. The lowest BCUT2D eigenvalue weighted by atomic mass is 10.1. The molecule has 108 valence electrons. The molecule has 0 fully saturated rings. The fraction of sp³-hybridized carbons (Fsp3) is 0.235. The quantitative estimate of drug-likeness (QED) is 0.863. The third-order valence-electron chi connectivity index (χ3n) is 3.95. The van der Waals surface area contributed by atoms with E-state index in [1.165, 1.54) is 16.9 Å². The molecule has 2 N–H and O–H groups in total. The van der Waals surface area contributed by atoms with Crippen LogP contribution in [0.4, 0.5) is 17.1 Å². The summed E-state index contributed by atoms with van der Waals surface area (Å²) in [6.45, 7) is 3.99. The van der Waals surface area contributed by atoms with Crippen LogP contribution >= 0.6 is 12.2 Å². The lowest BCUT2D eigenvalue weighted by Gasteiger charge is -2.38. The first-order chi connectivity index (χ1) is 10.1. The van der Waals surface area contributed by atoms with Crippen molar-refractivity contribution in [1.82, 2.24) is 0 Å². The smallest absolute Gasteiger partial charge is 0.106 e. The zero-order chi connectivity index (χ0) is 15.0. The van der Waals surface area contributed by atoms with Crippen molar-refractivity contribution in [3.63, 3.8) is 0 Å². The van der Waals surface area contributed by atoms with E-state index in [0.717, 1.165) is 24.3 Å². The summed E-state index contributed by atoms with van der Waals surface area (Å²) in [5, 5.41) is 0. The number of aryl methyl sites for hydroxylation is 1. The van der Waals surface area contributed by atoms with E-state index < -0.39 is 0 Å². The number of benzene rings is 2. The second kappa shape index (κ2) is 5.37. The molecule has 1 heterocycles. The summed E-state index contributed by atoms with van der Waals surface area (Å²) in [7, 11) is 2.13. The van der Waals surface area contributed by atoms with Gasteiger partial charge in [-0.3, -0.25) is 0 Å². The molecule has 1 aliphatic rings. The molecular formula is C17H19N3S. The Morgan fingerprint density at radius 1 is 1.05 bits per heavy atom. The summed E-state index contributed by atoms with van der Waals surface area (Å²) in [4.78, 5) is 5.04. The van der Waals surface area contributed by atoms with Gasteiger partial charge in [0, 0.05) is 25.7 Å². The number of nitrogens with two attached hydrogens (primary N) is 1. The predicted octanol–water partition coefficient (Wildman–Crippen LogP) is 3.22. The maximum absolute atomic E-state index is 5.91. The Hall–Kier alpha value is -2.07. The van der Waals surface area contributed by atoms with E-state index in [0.29, 0.717) is 4.99 Å². The summed E-state index contributed by atoms with van der Waals surface area (Å²) in [5.41, 5.74) is 11.6. The van der Waals surface area contributed by atoms with Crippen molar-refractivity contribution in [3.8, 4) is 0 Å². The van der Waals surface area contributed by atoms with Crippen molar-refractivity contribution in [1.29, 1.82) is 0 Å². The van der Waals surface area contributed by atoms with Gasteiger partial charge in [-0.1, -0.05) is 30.4 Å². The van der Waals surface area contributed by atoms with Gasteiger partial charge in [-0.15, -0.1) is 0 Å². The van der Waals surface area contributed by atoms with E-state index in [9.17, 15) is 0 Å². The van der Waals surface area contributed by atoms with Gasteiger partial charge in [0.2, 0.25) is 0 Å². The Morgan fingerprint density at radius 2 is 1.76 bits per heavy atom. The van der Waals surface area contributed by atoms with Crippen molar-refractivity contribution >= 4 is 34.3 Å². The molecule has 0 atom stereocenters. The minimum absolute atomic E-state index is 0.446. The van der Waals surface area contributed by atoms with Gasteiger partial charge in [0.05, 0.1) is 17.1 Å². The minimum atomic E-state index is 0.446. The van der Waals surface area contributed by atoms with Gasteiger partial charge in [0.15, 0.2) is 0 Å². The number of anilines is 3. The molecule has 2 aromatic rings. The van der Waals surface area contributed by atoms with Crippen LogP contribution in [0.3, 0.4) is 0 Å². The Morgan fingerprint density at radius 3 is 2.48 bits per heavy atom. The molecule has 0 unspecified atom stereocenters. The number of hydrogen-bond donors (Lipinski definition) is 1. The van der Waals surface area contributed by atoms with Crippen molar-refractivity contribution in [2.24, 2.45) is 5.73 Å². The maximum Gasteiger partial charge on any atom is 0.106 e. The van der Waals surface area contributed by atoms with Crippen molar-refractivity contribution in [2.45, 2.75) is 6.92 Å². The van der Waals surface area contributed by atoms with E-state index >= 15 is 0 Å². The highest BCUT2D eigenvalue weighted by atomic mass is 32.1. The molecule has 0 saturated carbocycles. The molecule has 1 aliphatic heterocycles. The minimum Gasteiger partial charge on any atom is -0.389 e. The van der Waals surface area contributed by atoms with Crippen molar-refractivity contribution < 1.29 is 0 Å². The number of likely N-dealkylation sites (N-methyl/N-ethyl adjacent to an activating group) is 1. The lowest BCUT2D eigenvalue weighted by molar-refractivity contribution is 0.821. The van der Waals surface area contributed by atoms with Gasteiger partial charge in [-0.05, 0) is 36.8 Å². The second-order valence-electron chi connectivity index (χ2n) is 5.45. The van der Waals surface area contributed by atoms with Crippen LogP contribution in [0.15, 0.2) is 42.5 Å². The summed E-state index contributed by atoms with van der Waals surface area (Å²) < 4.78 is 0. The first kappa shape index (κ1) is 13.9. The van der Waals surface area contributed by atoms with Gasteiger partial charge in [-0.25, -0.2) is 0 Å². The number of thiocarbonyl (C=S) groups is 1. The SMILES string of the molecule is Cc1ccc(C(N)=S)c(N2CCN(C)c3ccccc32)c1. The van der Waals surface area contributed by atoms with Crippen LogP contribution in [-0.2, 0) is 0 Å². The van der Waals surface area contributed by atoms with Crippen LogP contribution in [0.1, 0.15) is 11.1 Å². The first-order valence-corrected chi connectivity index (χ1v) is 7.47. The van der Waals surface area contributed by atoms with E-state index in [1.54, 1.807) is 0 Å². The number of hydrogen-bond acceptors (Lipinski definition) is 3. The highest BCUT2D eigenvalue weighted by molar-refractivity contribution is 7.80. The summed E-state index contributed by atoms with van der Waals surface area (Å²) in [6, 6.07) is 14.7. The highest BCUT2D eigenvalue weighted by Gasteiger charge is 2.23. The molecule has 0 saturated heterocycles. The van der Waals surface area contributed by atoms with E-state index in [1.807, 2.05) is 6.07 Å². The molecule has 3 rings (SSSR count). The van der Waals surface area contributed by atoms with Crippen LogP contribution in [-0.4, -0.2) is 25.1 Å². The Balaban J connectivity index is 2.16. The summed E-state index contributed by atoms with van der Waals surface area (Å²) in [6.07, 6.45) is 0. The van der Waals surface area contributed by atoms with Crippen LogP contribution in [0.2, 0.25) is 0 Å². The van der Waals surface area contributed by atoms with E-state index in [4.69, 9.17) is 18.0 Å². The monoisotopic (exact) mass is 297 g/mol. The van der Waals surface area contributed by atoms with Crippen LogP contribution in [0.25, 0.3) is 0 Å². The van der Waals surface area contributed by atoms with Crippen LogP contribution < -0.4 is 15.5 Å². The molecule has 0 amide bonds. The third kappa shape index (κ3) is 2.47. The van der Waals surface area contributed by atoms with E-state index in [-0.39, 0.29) is 0 Å². The number of nitrogens with zero attached hydrogens (tertiary/aromatic N) is 2. The van der Waals surface area contributed by atoms with Crippen molar-refractivity contribution in [2.75, 3.05) is 29.9 Å². The Bertz CT molecular complexity index is 696. The number of rotatable bonds is 2. The third-order valence-corrected chi connectivity index (χ3v) is 4.17. The Labute approximate surface area is 131 Å². The molecule has 0 bridgehead atoms. The topological polar surface area (TPSA) is 32.5 Å². The van der Waals surface area contributed by atoms with E-state index in [2.05, 4.69) is 60.2 Å². The molecular weight excluding hydrogens is 278 g/mol. The average molecular weight is 297 g/mol. The molecule has 2 aromatic carbocycles. The molecule has 4 heteroatoms. The van der Waals surface area contributed by atoms with Crippen LogP contribution in [0, 0.1) is 6.92 Å². The largest absolute Gasteiger partial charge is 0.389 e. The first-order valence-electron chi connectivity index (χ1n) is 7.06. The zero-order valence-corrected chi connectivity index (χ0v) is 13.2. The van der Waals surface area contributed by atoms with Gasteiger partial charge in [-0.2, -0.15) is 0 Å². The van der Waals surface area contributed by atoms with Gasteiger partial charge in [0.1, 0.15) is 4.99 Å².